The zero-order valence-corrected chi connectivity index (χ0v) is 9.64. The number of hydrogen-bond acceptors (Lipinski definition) is 4. The number of aromatic nitrogens is 2. The first-order valence-corrected chi connectivity index (χ1v) is 5.55. The third kappa shape index (κ3) is 2.09. The zero-order valence-electron chi connectivity index (χ0n) is 9.64. The largest absolute Gasteiger partial charge is 0.491 e. The van der Waals surface area contributed by atoms with Crippen LogP contribution in [0, 0.1) is 5.92 Å². The zero-order chi connectivity index (χ0) is 11.5. The summed E-state index contributed by atoms with van der Waals surface area (Å²) in [6.45, 7) is 4.16. The van der Waals surface area contributed by atoms with Crippen LogP contribution in [0.15, 0.2) is 17.2 Å². The van der Waals surface area contributed by atoms with Crippen LogP contribution in [-0.4, -0.2) is 30.0 Å². The Hall–Kier alpha value is -1.36. The van der Waals surface area contributed by atoms with Gasteiger partial charge in [0.05, 0.1) is 25.5 Å². The predicted octanol–water partition coefficient (Wildman–Crippen LogP) is 0.422. The summed E-state index contributed by atoms with van der Waals surface area (Å²) < 4.78 is 6.88. The summed E-state index contributed by atoms with van der Waals surface area (Å²) in [5, 5.41) is 7.50. The molecule has 2 rings (SSSR count). The first-order chi connectivity index (χ1) is 7.72. The molecule has 0 radical (unpaired) electrons. The highest BCUT2D eigenvalue weighted by atomic mass is 16.5. The van der Waals surface area contributed by atoms with E-state index in [1.54, 1.807) is 6.20 Å². The number of piperidine rings is 1. The van der Waals surface area contributed by atoms with Crippen molar-refractivity contribution >= 4 is 0 Å². The van der Waals surface area contributed by atoms with Gasteiger partial charge >= 0.3 is 0 Å². The second-order valence-electron chi connectivity index (χ2n) is 4.22. The Morgan fingerprint density at radius 3 is 3.12 bits per heavy atom. The van der Waals surface area contributed by atoms with Gasteiger partial charge in [-0.25, -0.2) is 0 Å². The lowest BCUT2D eigenvalue weighted by Gasteiger charge is -2.30. The molecule has 0 spiro atoms. The number of ether oxygens (including phenoxy) is 1. The molecule has 1 aliphatic rings. The van der Waals surface area contributed by atoms with Gasteiger partial charge in [0.1, 0.15) is 0 Å². The Morgan fingerprint density at radius 2 is 2.44 bits per heavy atom. The lowest BCUT2D eigenvalue weighted by molar-refractivity contribution is 0.249. The Kier molecular flexibility index (Phi) is 3.24. The number of rotatable bonds is 2. The first-order valence-electron chi connectivity index (χ1n) is 5.55. The van der Waals surface area contributed by atoms with Gasteiger partial charge in [0, 0.05) is 0 Å². The molecule has 0 aromatic carbocycles. The van der Waals surface area contributed by atoms with E-state index in [0.717, 1.165) is 19.5 Å². The molecule has 0 saturated carbocycles. The topological polar surface area (TPSA) is 56.1 Å². The smallest absolute Gasteiger partial charge is 0.241 e. The van der Waals surface area contributed by atoms with Crippen molar-refractivity contribution < 1.29 is 4.74 Å². The molecule has 0 bridgehead atoms. The van der Waals surface area contributed by atoms with E-state index in [9.17, 15) is 4.79 Å². The average Bonchev–Trinajstić information content (AvgIpc) is 2.31. The van der Waals surface area contributed by atoms with Crippen molar-refractivity contribution in [2.24, 2.45) is 5.92 Å². The van der Waals surface area contributed by atoms with E-state index in [-0.39, 0.29) is 5.43 Å². The van der Waals surface area contributed by atoms with E-state index in [4.69, 9.17) is 4.74 Å². The van der Waals surface area contributed by atoms with Crippen molar-refractivity contribution in [1.82, 2.24) is 15.1 Å². The Balaban J connectivity index is 2.28. The molecular formula is C11H17N3O2. The molecule has 1 saturated heterocycles. The predicted molar refractivity (Wildman–Crippen MR) is 60.7 cm³/mol. The summed E-state index contributed by atoms with van der Waals surface area (Å²) in [4.78, 5) is 11.4. The summed E-state index contributed by atoms with van der Waals surface area (Å²) in [7, 11) is 1.51. The molecule has 5 nitrogen and oxygen atoms in total. The fourth-order valence-electron chi connectivity index (χ4n) is 2.13. The van der Waals surface area contributed by atoms with Crippen molar-refractivity contribution in [3.63, 3.8) is 0 Å². The molecule has 16 heavy (non-hydrogen) atoms. The Morgan fingerprint density at radius 1 is 1.62 bits per heavy atom. The van der Waals surface area contributed by atoms with E-state index >= 15 is 0 Å². The maximum absolute atomic E-state index is 11.4. The lowest BCUT2D eigenvalue weighted by atomic mass is 9.95. The van der Waals surface area contributed by atoms with Crippen molar-refractivity contribution in [3.8, 4) is 5.75 Å². The Labute approximate surface area is 94.4 Å². The van der Waals surface area contributed by atoms with Gasteiger partial charge in [-0.1, -0.05) is 6.92 Å². The van der Waals surface area contributed by atoms with Crippen LogP contribution >= 0.6 is 0 Å². The van der Waals surface area contributed by atoms with Crippen molar-refractivity contribution in [2.75, 3.05) is 20.2 Å². The van der Waals surface area contributed by atoms with Gasteiger partial charge < -0.3 is 10.1 Å². The van der Waals surface area contributed by atoms with Gasteiger partial charge in [-0.2, -0.15) is 5.10 Å². The van der Waals surface area contributed by atoms with E-state index < -0.39 is 0 Å². The molecule has 1 aromatic heterocycles. The minimum Gasteiger partial charge on any atom is -0.491 e. The minimum absolute atomic E-state index is 0.166. The molecule has 1 fully saturated rings. The monoisotopic (exact) mass is 223 g/mol. The fourth-order valence-corrected chi connectivity index (χ4v) is 2.13. The van der Waals surface area contributed by atoms with Crippen molar-refractivity contribution in [2.45, 2.75) is 19.4 Å². The van der Waals surface area contributed by atoms with Gasteiger partial charge in [-0.05, 0) is 25.4 Å². The molecule has 2 atom stereocenters. The summed E-state index contributed by atoms with van der Waals surface area (Å²) in [6, 6.07) is 0.343. The Bertz CT molecular complexity index is 416. The highest BCUT2D eigenvalue weighted by Crippen LogP contribution is 2.23. The molecule has 1 aromatic rings. The van der Waals surface area contributed by atoms with Crippen LogP contribution in [-0.2, 0) is 0 Å². The molecule has 0 amide bonds. The summed E-state index contributed by atoms with van der Waals surface area (Å²) in [5.41, 5.74) is -0.166. The fraction of sp³-hybridized carbons (Fsp3) is 0.636. The molecule has 2 heterocycles. The van der Waals surface area contributed by atoms with Crippen LogP contribution in [0.1, 0.15) is 19.4 Å². The van der Waals surface area contributed by atoms with Gasteiger partial charge in [0.2, 0.25) is 5.43 Å². The molecular weight excluding hydrogens is 206 g/mol. The standard InChI is InChI=1S/C11H17N3O2/c1-8-5-12-4-3-9(8)14-7-11(16-2)10(15)6-13-14/h6-9,12H,3-5H2,1-2H3/t8-,9+/m1/s1. The molecule has 88 valence electrons. The summed E-state index contributed by atoms with van der Waals surface area (Å²) in [5.74, 6) is 0.870. The number of nitrogens with one attached hydrogen (secondary N) is 1. The number of hydrogen-bond donors (Lipinski definition) is 1. The van der Waals surface area contributed by atoms with Gasteiger partial charge in [-0.3, -0.25) is 9.48 Å². The SMILES string of the molecule is COc1cn([C@H]2CCNC[C@H]2C)ncc1=O. The van der Waals surface area contributed by atoms with Crippen LogP contribution in [0.4, 0.5) is 0 Å². The molecule has 5 heteroatoms. The van der Waals surface area contributed by atoms with Crippen molar-refractivity contribution in [3.05, 3.63) is 22.6 Å². The van der Waals surface area contributed by atoms with E-state index in [0.29, 0.717) is 17.7 Å². The van der Waals surface area contributed by atoms with E-state index in [2.05, 4.69) is 17.3 Å². The van der Waals surface area contributed by atoms with Crippen LogP contribution in [0.2, 0.25) is 0 Å². The van der Waals surface area contributed by atoms with Gasteiger partial charge in [0.15, 0.2) is 5.75 Å². The maximum Gasteiger partial charge on any atom is 0.241 e. The average molecular weight is 223 g/mol. The van der Waals surface area contributed by atoms with Crippen molar-refractivity contribution in [1.29, 1.82) is 0 Å². The van der Waals surface area contributed by atoms with E-state index in [1.807, 2.05) is 4.68 Å². The normalized spacial score (nSPS) is 25.4. The summed E-state index contributed by atoms with van der Waals surface area (Å²) in [6.07, 6.45) is 4.06. The summed E-state index contributed by atoms with van der Waals surface area (Å²) >= 11 is 0. The third-order valence-electron chi connectivity index (χ3n) is 3.10. The maximum atomic E-state index is 11.4. The first kappa shape index (κ1) is 11.1. The van der Waals surface area contributed by atoms with Crippen LogP contribution in [0.5, 0.6) is 5.75 Å². The minimum atomic E-state index is -0.166. The number of nitrogens with zero attached hydrogens (tertiary/aromatic N) is 2. The quantitative estimate of drug-likeness (QED) is 0.789. The lowest BCUT2D eigenvalue weighted by Crippen LogP contribution is -2.37. The molecule has 1 aliphatic heterocycles. The van der Waals surface area contributed by atoms with Crippen LogP contribution in [0.25, 0.3) is 0 Å². The van der Waals surface area contributed by atoms with Crippen LogP contribution in [0.3, 0.4) is 0 Å². The highest BCUT2D eigenvalue weighted by Gasteiger charge is 2.23. The second-order valence-corrected chi connectivity index (χ2v) is 4.22. The van der Waals surface area contributed by atoms with E-state index in [1.165, 1.54) is 13.3 Å². The van der Waals surface area contributed by atoms with Crippen LogP contribution < -0.4 is 15.5 Å². The number of methoxy groups -OCH3 is 1. The molecule has 0 unspecified atom stereocenters. The molecule has 1 N–H and O–H groups in total. The molecule has 0 aliphatic carbocycles. The van der Waals surface area contributed by atoms with Gasteiger partial charge in [0.25, 0.3) is 0 Å². The highest BCUT2D eigenvalue weighted by molar-refractivity contribution is 5.14. The second kappa shape index (κ2) is 4.65. The van der Waals surface area contributed by atoms with Gasteiger partial charge in [-0.15, -0.1) is 0 Å². The third-order valence-corrected chi connectivity index (χ3v) is 3.10.